The lowest BCUT2D eigenvalue weighted by Crippen LogP contribution is -2.40. The number of hydrogen-bond acceptors (Lipinski definition) is 11. The third-order valence-corrected chi connectivity index (χ3v) is 10.00. The molecule has 1 atom stereocenters. The molecular formula is C48H54N2O8S. The first-order valence-corrected chi connectivity index (χ1v) is 20.6. The standard InChI is InChI=1S/C48H54N2O8S/c1-10-36(29-42-50-39-14-12-13-15-41(39)59-42)49-30-35-28-32(16-25-40(35)55-45(53)34-19-21-37(22-20-34)56-46(3,4)5)26-27-54-44(52)33-17-23-38(24-18-33)57-47(6,7)31-48(8,9)58-43(51)11-2/h11-25,28,30,36H,2,10,26-27,29,31H2,1,3-9H3. The molecule has 0 aliphatic heterocycles. The Kier molecular flexibility index (Phi) is 14.5. The van der Waals surface area contributed by atoms with Crippen LogP contribution in [0.5, 0.6) is 17.2 Å². The Hall–Kier alpha value is -5.81. The monoisotopic (exact) mass is 818 g/mol. The van der Waals surface area contributed by atoms with Gasteiger partial charge in [0.2, 0.25) is 0 Å². The molecule has 1 heterocycles. The van der Waals surface area contributed by atoms with Crippen LogP contribution in [0.4, 0.5) is 0 Å². The summed E-state index contributed by atoms with van der Waals surface area (Å²) in [4.78, 5) is 47.8. The van der Waals surface area contributed by atoms with E-state index in [-0.39, 0.29) is 18.2 Å². The molecule has 0 radical (unpaired) electrons. The topological polar surface area (TPSA) is 123 Å². The van der Waals surface area contributed by atoms with Crippen LogP contribution in [-0.4, -0.2) is 58.6 Å². The highest BCUT2D eigenvalue weighted by atomic mass is 32.1. The van der Waals surface area contributed by atoms with Crippen molar-refractivity contribution >= 4 is 45.7 Å². The van der Waals surface area contributed by atoms with Crippen LogP contribution in [0.2, 0.25) is 0 Å². The number of ether oxygens (including phenoxy) is 5. The Morgan fingerprint density at radius 2 is 1.46 bits per heavy atom. The Morgan fingerprint density at radius 3 is 2.08 bits per heavy atom. The molecule has 11 heteroatoms. The van der Waals surface area contributed by atoms with E-state index in [0.717, 1.165) is 33.3 Å². The van der Waals surface area contributed by atoms with Gasteiger partial charge in [0.25, 0.3) is 0 Å². The SMILES string of the molecule is C=CC(=O)OC(C)(C)CC(C)(C)Oc1ccc(C(=O)OCCc2ccc(OC(=O)c3ccc(OC(C)(C)C)cc3)c(C=NC(CC)Cc3nc4ccccc4s3)c2)cc1. The third kappa shape index (κ3) is 13.6. The van der Waals surface area contributed by atoms with Crippen molar-refractivity contribution in [3.8, 4) is 17.2 Å². The molecule has 59 heavy (non-hydrogen) atoms. The number of nitrogens with zero attached hydrogens (tertiary/aromatic N) is 2. The summed E-state index contributed by atoms with van der Waals surface area (Å²) >= 11 is 1.67. The van der Waals surface area contributed by atoms with Crippen LogP contribution in [0.3, 0.4) is 0 Å². The van der Waals surface area contributed by atoms with E-state index in [4.69, 9.17) is 33.7 Å². The first-order chi connectivity index (χ1) is 27.9. The normalized spacial score (nSPS) is 12.5. The van der Waals surface area contributed by atoms with Gasteiger partial charge in [0.15, 0.2) is 0 Å². The van der Waals surface area contributed by atoms with Crippen LogP contribution in [0.25, 0.3) is 10.2 Å². The van der Waals surface area contributed by atoms with E-state index in [1.807, 2.05) is 78.8 Å². The lowest BCUT2D eigenvalue weighted by atomic mass is 9.92. The molecule has 0 amide bonds. The number of para-hydroxylation sites is 1. The summed E-state index contributed by atoms with van der Waals surface area (Å²) in [6, 6.07) is 27.1. The first kappa shape index (κ1) is 44.3. The van der Waals surface area contributed by atoms with Gasteiger partial charge in [-0.05, 0) is 133 Å². The van der Waals surface area contributed by atoms with Crippen molar-refractivity contribution in [1.29, 1.82) is 0 Å². The zero-order valence-electron chi connectivity index (χ0n) is 35.2. The molecule has 0 N–H and O–H groups in total. The van der Waals surface area contributed by atoms with Crippen molar-refractivity contribution < 1.29 is 38.1 Å². The average Bonchev–Trinajstić information content (AvgIpc) is 3.58. The number of rotatable bonds is 18. The average molecular weight is 819 g/mol. The predicted octanol–water partition coefficient (Wildman–Crippen LogP) is 10.6. The molecule has 310 valence electrons. The number of hydrogen-bond donors (Lipinski definition) is 0. The van der Waals surface area contributed by atoms with Gasteiger partial charge in [-0.2, -0.15) is 0 Å². The number of carbonyl (C=O) groups excluding carboxylic acids is 3. The summed E-state index contributed by atoms with van der Waals surface area (Å²) in [5, 5.41) is 1.01. The smallest absolute Gasteiger partial charge is 0.343 e. The summed E-state index contributed by atoms with van der Waals surface area (Å²) in [5.41, 5.74) is 1.40. The highest BCUT2D eigenvalue weighted by Crippen LogP contribution is 2.30. The fourth-order valence-corrected chi connectivity index (χ4v) is 7.59. The molecule has 1 aromatic heterocycles. The molecule has 0 saturated heterocycles. The molecular weight excluding hydrogens is 765 g/mol. The van der Waals surface area contributed by atoms with Gasteiger partial charge >= 0.3 is 17.9 Å². The number of carbonyl (C=O) groups is 3. The molecule has 10 nitrogen and oxygen atoms in total. The van der Waals surface area contributed by atoms with Crippen molar-refractivity contribution in [2.24, 2.45) is 4.99 Å². The molecule has 4 aromatic carbocycles. The van der Waals surface area contributed by atoms with E-state index in [2.05, 4.69) is 19.6 Å². The lowest BCUT2D eigenvalue weighted by Gasteiger charge is -2.34. The Labute approximate surface area is 351 Å². The lowest BCUT2D eigenvalue weighted by molar-refractivity contribution is -0.154. The number of fused-ring (bicyclic) bond motifs is 1. The van der Waals surface area contributed by atoms with Crippen molar-refractivity contribution in [2.75, 3.05) is 6.61 Å². The summed E-state index contributed by atoms with van der Waals surface area (Å²) in [6.45, 7) is 19.0. The Bertz CT molecular complexity index is 2230. The van der Waals surface area contributed by atoms with E-state index in [0.29, 0.717) is 53.2 Å². The van der Waals surface area contributed by atoms with E-state index < -0.39 is 29.1 Å². The van der Waals surface area contributed by atoms with E-state index in [1.165, 1.54) is 0 Å². The second kappa shape index (κ2) is 19.3. The van der Waals surface area contributed by atoms with Gasteiger partial charge < -0.3 is 23.7 Å². The van der Waals surface area contributed by atoms with Gasteiger partial charge in [-0.1, -0.05) is 31.7 Å². The fourth-order valence-electron chi connectivity index (χ4n) is 6.55. The molecule has 5 aromatic rings. The fraction of sp³-hybridized carbons (Fsp3) is 0.354. The quantitative estimate of drug-likeness (QED) is 0.0368. The predicted molar refractivity (Wildman–Crippen MR) is 233 cm³/mol. The molecule has 0 aliphatic rings. The number of benzene rings is 4. The molecule has 0 saturated carbocycles. The van der Waals surface area contributed by atoms with E-state index in [1.54, 1.807) is 72.1 Å². The highest BCUT2D eigenvalue weighted by Gasteiger charge is 2.33. The zero-order chi connectivity index (χ0) is 42.8. The number of esters is 3. The van der Waals surface area contributed by atoms with Crippen LogP contribution < -0.4 is 14.2 Å². The van der Waals surface area contributed by atoms with Gasteiger partial charge in [0.1, 0.15) is 34.1 Å². The van der Waals surface area contributed by atoms with Crippen LogP contribution in [0, 0.1) is 0 Å². The largest absolute Gasteiger partial charge is 0.488 e. The van der Waals surface area contributed by atoms with Crippen LogP contribution in [-0.2, 0) is 27.1 Å². The second-order valence-corrected chi connectivity index (χ2v) is 17.6. The Morgan fingerprint density at radius 1 is 0.814 bits per heavy atom. The Balaban J connectivity index is 1.25. The summed E-state index contributed by atoms with van der Waals surface area (Å²) in [7, 11) is 0. The molecule has 0 bridgehead atoms. The number of thiazole rings is 1. The number of aliphatic imine (C=N–C) groups is 1. The van der Waals surface area contributed by atoms with E-state index in [9.17, 15) is 14.4 Å². The van der Waals surface area contributed by atoms with Crippen LogP contribution in [0.1, 0.15) is 105 Å². The second-order valence-electron chi connectivity index (χ2n) is 16.5. The van der Waals surface area contributed by atoms with Gasteiger partial charge in [0.05, 0.1) is 39.0 Å². The summed E-state index contributed by atoms with van der Waals surface area (Å²) < 4.78 is 30.3. The minimum Gasteiger partial charge on any atom is -0.488 e. The number of aromatic nitrogens is 1. The van der Waals surface area contributed by atoms with Crippen molar-refractivity contribution in [3.05, 3.63) is 131 Å². The minimum atomic E-state index is -0.776. The zero-order valence-corrected chi connectivity index (χ0v) is 36.0. The third-order valence-electron chi connectivity index (χ3n) is 8.94. The molecule has 0 aliphatic carbocycles. The van der Waals surface area contributed by atoms with Gasteiger partial charge in [-0.25, -0.2) is 19.4 Å². The van der Waals surface area contributed by atoms with Crippen molar-refractivity contribution in [3.63, 3.8) is 0 Å². The molecule has 0 fully saturated rings. The van der Waals surface area contributed by atoms with Gasteiger partial charge in [0, 0.05) is 37.1 Å². The highest BCUT2D eigenvalue weighted by molar-refractivity contribution is 7.18. The van der Waals surface area contributed by atoms with E-state index >= 15 is 0 Å². The molecule has 1 unspecified atom stereocenters. The summed E-state index contributed by atoms with van der Waals surface area (Å²) in [5.74, 6) is 0.0922. The first-order valence-electron chi connectivity index (χ1n) is 19.7. The maximum atomic E-state index is 13.3. The molecule has 0 spiro atoms. The van der Waals surface area contributed by atoms with Gasteiger partial charge in [-0.15, -0.1) is 11.3 Å². The molecule has 5 rings (SSSR count). The maximum absolute atomic E-state index is 13.3. The van der Waals surface area contributed by atoms with Crippen molar-refractivity contribution in [1.82, 2.24) is 4.98 Å². The summed E-state index contributed by atoms with van der Waals surface area (Å²) in [6.07, 6.45) is 5.19. The maximum Gasteiger partial charge on any atom is 0.343 e. The minimum absolute atomic E-state index is 0.0455. The van der Waals surface area contributed by atoms with Crippen LogP contribution in [0.15, 0.2) is 109 Å². The van der Waals surface area contributed by atoms with Crippen molar-refractivity contribution in [2.45, 2.75) is 104 Å². The van der Waals surface area contributed by atoms with Gasteiger partial charge in [-0.3, -0.25) is 4.99 Å². The van der Waals surface area contributed by atoms with Crippen LogP contribution >= 0.6 is 11.3 Å².